The Morgan fingerprint density at radius 3 is 2.59 bits per heavy atom. The number of fused-ring (bicyclic) bond motifs is 2. The molecule has 10 heteroatoms. The van der Waals surface area contributed by atoms with Gasteiger partial charge in [-0.15, -0.1) is 5.10 Å². The number of aromatic nitrogens is 5. The number of para-hydroxylation sites is 2. The first kappa shape index (κ1) is 27.4. The lowest BCUT2D eigenvalue weighted by Gasteiger charge is -2.10. The number of benzene rings is 3. The predicted molar refractivity (Wildman–Crippen MR) is 172 cm³/mol. The van der Waals surface area contributed by atoms with Gasteiger partial charge < -0.3 is 13.9 Å². The second-order valence-corrected chi connectivity index (χ2v) is 11.0. The standard InChI is InChI=1S/C34H27N5O4S/c1-3-17-42-27-15-13-22(18-28(27)41-2)14-16-31-35-34-39(36-31)33(40)30(44-34)20-24-21-38(25-10-5-4-6-11-25)37-32(24)29-19-23-9-7-8-12-26(23)43-29/h4-16,18-21H,3,17H2,1-2H3/b16-14+,30-20-. The molecule has 0 fully saturated rings. The quantitative estimate of drug-likeness (QED) is 0.193. The average molecular weight is 602 g/mol. The molecule has 0 saturated heterocycles. The van der Waals surface area contributed by atoms with Gasteiger partial charge in [-0.2, -0.15) is 14.6 Å². The van der Waals surface area contributed by atoms with Crippen LogP contribution in [-0.4, -0.2) is 38.1 Å². The molecule has 7 aromatic rings. The van der Waals surface area contributed by atoms with Gasteiger partial charge >= 0.3 is 0 Å². The molecule has 0 N–H and O–H groups in total. The number of hydrogen-bond donors (Lipinski definition) is 0. The van der Waals surface area contributed by atoms with Crippen LogP contribution in [0, 0.1) is 0 Å². The molecule has 4 heterocycles. The van der Waals surface area contributed by atoms with E-state index < -0.39 is 0 Å². The number of thiazole rings is 1. The number of nitrogens with zero attached hydrogens (tertiary/aromatic N) is 5. The highest BCUT2D eigenvalue weighted by Crippen LogP contribution is 2.31. The van der Waals surface area contributed by atoms with E-state index in [1.165, 1.54) is 15.9 Å². The summed E-state index contributed by atoms with van der Waals surface area (Å²) in [6, 6.07) is 25.3. The van der Waals surface area contributed by atoms with Crippen LogP contribution in [0.3, 0.4) is 0 Å². The third kappa shape index (κ3) is 5.27. The minimum absolute atomic E-state index is 0.251. The van der Waals surface area contributed by atoms with Gasteiger partial charge in [0.25, 0.3) is 5.56 Å². The molecule has 0 aliphatic heterocycles. The van der Waals surface area contributed by atoms with Crippen LogP contribution in [0.25, 0.3) is 51.3 Å². The van der Waals surface area contributed by atoms with Crippen LogP contribution < -0.4 is 19.6 Å². The zero-order valence-corrected chi connectivity index (χ0v) is 24.8. The summed E-state index contributed by atoms with van der Waals surface area (Å²) in [7, 11) is 1.61. The van der Waals surface area contributed by atoms with Crippen LogP contribution in [-0.2, 0) is 0 Å². The molecule has 3 aromatic carbocycles. The van der Waals surface area contributed by atoms with Crippen molar-refractivity contribution in [3.63, 3.8) is 0 Å². The Kier molecular flexibility index (Phi) is 7.25. The van der Waals surface area contributed by atoms with Gasteiger partial charge in [-0.05, 0) is 60.5 Å². The van der Waals surface area contributed by atoms with Gasteiger partial charge in [-0.25, -0.2) is 4.68 Å². The summed E-state index contributed by atoms with van der Waals surface area (Å²) >= 11 is 1.27. The van der Waals surface area contributed by atoms with Crippen molar-refractivity contribution in [3.8, 4) is 28.6 Å². The van der Waals surface area contributed by atoms with Gasteiger partial charge in [0, 0.05) is 17.1 Å². The molecule has 0 aliphatic rings. The van der Waals surface area contributed by atoms with Crippen LogP contribution in [0.2, 0.25) is 0 Å². The number of methoxy groups -OCH3 is 1. The summed E-state index contributed by atoms with van der Waals surface area (Å²) in [5, 5.41) is 10.3. The van der Waals surface area contributed by atoms with Crippen LogP contribution in [0.15, 0.2) is 94.3 Å². The van der Waals surface area contributed by atoms with E-state index >= 15 is 0 Å². The molecule has 0 radical (unpaired) electrons. The summed E-state index contributed by atoms with van der Waals surface area (Å²) in [6.45, 7) is 2.68. The van der Waals surface area contributed by atoms with Gasteiger partial charge in [0.2, 0.25) is 4.96 Å². The van der Waals surface area contributed by atoms with Crippen molar-refractivity contribution in [1.82, 2.24) is 24.4 Å². The topological polar surface area (TPSA) is 96.7 Å². The third-order valence-electron chi connectivity index (χ3n) is 6.98. The van der Waals surface area contributed by atoms with E-state index in [1.54, 1.807) is 17.9 Å². The molecule has 0 unspecified atom stereocenters. The van der Waals surface area contributed by atoms with E-state index in [1.807, 2.05) is 97.2 Å². The molecule has 218 valence electrons. The summed E-state index contributed by atoms with van der Waals surface area (Å²) in [5.41, 5.74) is 3.69. The maximum atomic E-state index is 13.4. The largest absolute Gasteiger partial charge is 0.493 e. The Labute approximate surface area is 255 Å². The molecule has 7 rings (SSSR count). The Balaban J connectivity index is 1.23. The monoisotopic (exact) mass is 601 g/mol. The average Bonchev–Trinajstić information content (AvgIpc) is 3.83. The zero-order chi connectivity index (χ0) is 30.0. The SMILES string of the molecule is CCCOc1ccc(/C=C/c2nc3s/c(=C\c4cn(-c5ccccc5)nc4-c4cc5ccccc5o4)c(=O)n3n2)cc1OC. The van der Waals surface area contributed by atoms with E-state index in [0.717, 1.165) is 34.2 Å². The smallest absolute Gasteiger partial charge is 0.291 e. The Morgan fingerprint density at radius 1 is 0.955 bits per heavy atom. The van der Waals surface area contributed by atoms with E-state index in [-0.39, 0.29) is 5.56 Å². The van der Waals surface area contributed by atoms with Crippen molar-refractivity contribution in [2.75, 3.05) is 13.7 Å². The molecular formula is C34H27N5O4S. The van der Waals surface area contributed by atoms with Crippen LogP contribution >= 0.6 is 11.3 Å². The molecular weight excluding hydrogens is 574 g/mol. The number of furan rings is 1. The molecule has 0 aliphatic carbocycles. The third-order valence-corrected chi connectivity index (χ3v) is 7.94. The van der Waals surface area contributed by atoms with E-state index in [2.05, 4.69) is 17.0 Å². The fourth-order valence-electron chi connectivity index (χ4n) is 4.85. The second-order valence-electron chi connectivity index (χ2n) is 10.0. The highest BCUT2D eigenvalue weighted by molar-refractivity contribution is 7.15. The van der Waals surface area contributed by atoms with E-state index in [0.29, 0.717) is 44.9 Å². The number of rotatable bonds is 9. The number of ether oxygens (including phenoxy) is 2. The maximum absolute atomic E-state index is 13.4. The normalized spacial score (nSPS) is 12.2. The fraction of sp³-hybridized carbons (Fsp3) is 0.118. The Morgan fingerprint density at radius 2 is 1.80 bits per heavy atom. The van der Waals surface area contributed by atoms with Crippen LogP contribution in [0.4, 0.5) is 0 Å². The molecule has 44 heavy (non-hydrogen) atoms. The summed E-state index contributed by atoms with van der Waals surface area (Å²) < 4.78 is 21.0. The minimum atomic E-state index is -0.251. The maximum Gasteiger partial charge on any atom is 0.291 e. The molecule has 0 saturated carbocycles. The molecule has 4 aromatic heterocycles. The summed E-state index contributed by atoms with van der Waals surface area (Å²) in [6.07, 6.45) is 8.28. The second kappa shape index (κ2) is 11.7. The Bertz CT molecular complexity index is 2210. The Hall–Kier alpha value is -5.48. The zero-order valence-electron chi connectivity index (χ0n) is 24.0. The van der Waals surface area contributed by atoms with Crippen molar-refractivity contribution in [2.45, 2.75) is 13.3 Å². The molecule has 0 amide bonds. The van der Waals surface area contributed by atoms with Gasteiger partial charge in [0.05, 0.1) is 23.9 Å². The van der Waals surface area contributed by atoms with Crippen molar-refractivity contribution in [1.29, 1.82) is 0 Å². The van der Waals surface area contributed by atoms with Crippen molar-refractivity contribution >= 4 is 45.5 Å². The number of hydrogen-bond acceptors (Lipinski definition) is 8. The molecule has 0 spiro atoms. The lowest BCUT2D eigenvalue weighted by molar-refractivity contribution is 0.294. The highest BCUT2D eigenvalue weighted by atomic mass is 32.1. The molecule has 0 bridgehead atoms. The lowest BCUT2D eigenvalue weighted by Crippen LogP contribution is -2.23. The van der Waals surface area contributed by atoms with Crippen molar-refractivity contribution in [2.24, 2.45) is 0 Å². The first-order valence-corrected chi connectivity index (χ1v) is 15.0. The fourth-order valence-corrected chi connectivity index (χ4v) is 5.75. The summed E-state index contributed by atoms with van der Waals surface area (Å²) in [4.78, 5) is 18.5. The van der Waals surface area contributed by atoms with E-state index in [4.69, 9.17) is 19.0 Å². The highest BCUT2D eigenvalue weighted by Gasteiger charge is 2.17. The minimum Gasteiger partial charge on any atom is -0.493 e. The van der Waals surface area contributed by atoms with Gasteiger partial charge in [0.15, 0.2) is 23.1 Å². The van der Waals surface area contributed by atoms with Crippen LogP contribution in [0.1, 0.15) is 30.3 Å². The summed E-state index contributed by atoms with van der Waals surface area (Å²) in [5.74, 6) is 2.40. The molecule has 0 atom stereocenters. The van der Waals surface area contributed by atoms with Gasteiger partial charge in [-0.1, -0.05) is 66.8 Å². The van der Waals surface area contributed by atoms with E-state index in [9.17, 15) is 4.79 Å². The lowest BCUT2D eigenvalue weighted by atomic mass is 10.2. The first-order chi connectivity index (χ1) is 21.6. The molecule has 9 nitrogen and oxygen atoms in total. The van der Waals surface area contributed by atoms with Crippen LogP contribution in [0.5, 0.6) is 11.5 Å². The van der Waals surface area contributed by atoms with Crippen molar-refractivity contribution in [3.05, 3.63) is 117 Å². The van der Waals surface area contributed by atoms with Gasteiger partial charge in [-0.3, -0.25) is 4.79 Å². The predicted octanol–water partition coefficient (Wildman–Crippen LogP) is 6.27. The van der Waals surface area contributed by atoms with Crippen molar-refractivity contribution < 1.29 is 13.9 Å². The first-order valence-electron chi connectivity index (χ1n) is 14.1. The van der Waals surface area contributed by atoms with Gasteiger partial charge in [0.1, 0.15) is 11.3 Å².